The summed E-state index contributed by atoms with van der Waals surface area (Å²) in [4.78, 5) is 36.9. The van der Waals surface area contributed by atoms with Gasteiger partial charge in [0.25, 0.3) is 30.4 Å². The Morgan fingerprint density at radius 3 is 1.66 bits per heavy atom. The normalized spacial score (nSPS) is 12.5. The quantitative estimate of drug-likeness (QED) is 0.0465. The van der Waals surface area contributed by atoms with E-state index >= 15 is 0 Å². The molecule has 1 heterocycles. The number of rotatable bonds is 9. The maximum Gasteiger partial charge on any atom is 1.00 e. The van der Waals surface area contributed by atoms with Crippen molar-refractivity contribution in [3.63, 3.8) is 0 Å². The molecule has 0 bridgehead atoms. The molecule has 1 aliphatic rings. The van der Waals surface area contributed by atoms with E-state index in [-0.39, 0.29) is 121 Å². The molecule has 0 fully saturated rings. The van der Waals surface area contributed by atoms with Crippen molar-refractivity contribution in [2.75, 3.05) is 21.7 Å². The Morgan fingerprint density at radius 1 is 0.585 bits per heavy atom. The summed E-state index contributed by atoms with van der Waals surface area (Å²) in [6.45, 7) is 0. The number of halogens is 1. The molecule has 0 amide bonds. The van der Waals surface area contributed by atoms with Crippen LogP contribution in [0.4, 0.5) is 40.3 Å². The van der Waals surface area contributed by atoms with Gasteiger partial charge in [-0.25, -0.2) is 0 Å². The first-order valence-corrected chi connectivity index (χ1v) is 18.5. The van der Waals surface area contributed by atoms with E-state index in [1.54, 1.807) is 0 Å². The van der Waals surface area contributed by atoms with Crippen molar-refractivity contribution in [3.05, 3.63) is 100 Å². The molecule has 0 spiro atoms. The number of benzene rings is 4. The van der Waals surface area contributed by atoms with Crippen LogP contribution in [0.25, 0.3) is 0 Å². The third-order valence-corrected chi connectivity index (χ3v) is 10.1. The molecule has 0 radical (unpaired) electrons. The molecule has 0 aliphatic heterocycles. The average Bonchev–Trinajstić information content (AvgIpc) is 3.03. The van der Waals surface area contributed by atoms with E-state index in [9.17, 15) is 48.5 Å². The zero-order valence-electron chi connectivity index (χ0n) is 27.1. The Balaban J connectivity index is 0.00000314. The molecule has 0 atom stereocenters. The van der Waals surface area contributed by atoms with E-state index in [0.29, 0.717) is 0 Å². The number of hydrogen-bond donors (Lipinski definition) is 7. The monoisotopic (exact) mass is 819 g/mol. The minimum atomic E-state index is -5.05. The van der Waals surface area contributed by atoms with Crippen molar-refractivity contribution in [1.29, 1.82) is 0 Å². The summed E-state index contributed by atoms with van der Waals surface area (Å²) < 4.78 is 101. The fourth-order valence-electron chi connectivity index (χ4n) is 5.10. The summed E-state index contributed by atoms with van der Waals surface area (Å²) in [5.41, 5.74) is 3.86. The van der Waals surface area contributed by atoms with Crippen molar-refractivity contribution in [2.45, 2.75) is 14.7 Å². The smallest absolute Gasteiger partial charge is 0.397 e. The van der Waals surface area contributed by atoms with Crippen LogP contribution in [0.2, 0.25) is 5.28 Å². The van der Waals surface area contributed by atoms with Gasteiger partial charge in [-0.05, 0) is 60.1 Å². The van der Waals surface area contributed by atoms with Crippen LogP contribution >= 0.6 is 11.6 Å². The van der Waals surface area contributed by atoms with Gasteiger partial charge in [0.1, 0.15) is 9.79 Å². The van der Waals surface area contributed by atoms with Gasteiger partial charge in [0.15, 0.2) is 11.6 Å². The Hall–Kier alpha value is -3.55. The molecule has 18 nitrogen and oxygen atoms in total. The maximum absolute atomic E-state index is 13.6. The van der Waals surface area contributed by atoms with Crippen LogP contribution in [-0.4, -0.2) is 65.4 Å². The summed E-state index contributed by atoms with van der Waals surface area (Å²) in [5.74, 6) is -2.04. The van der Waals surface area contributed by atoms with Crippen LogP contribution in [0.5, 0.6) is 0 Å². The van der Waals surface area contributed by atoms with Crippen LogP contribution in [-0.2, 0) is 30.4 Å². The van der Waals surface area contributed by atoms with Gasteiger partial charge in [0.05, 0.1) is 33.1 Å². The molecular weight excluding hydrogens is 800 g/mol. The van der Waals surface area contributed by atoms with E-state index in [1.807, 2.05) is 0 Å². The van der Waals surface area contributed by atoms with Gasteiger partial charge in [0.2, 0.25) is 17.2 Å². The SMILES string of the molecule is Nc1c(S(=O)(=O)O)cc(Nc2ccc(Nc3nc(Cl)nc(Nc4ccc(S(=O)(=O)O)cc4)n3)c(S(=O)(=O)O)c2)c2c1C(=O)c1ccccc1C2=O.[Na+].[Na+]. The minimum absolute atomic E-state index is 0. The Morgan fingerprint density at radius 2 is 1.11 bits per heavy atom. The molecule has 1 aromatic heterocycles. The second-order valence-electron chi connectivity index (χ2n) is 10.6. The summed E-state index contributed by atoms with van der Waals surface area (Å²) >= 11 is 6.03. The Bertz CT molecular complexity index is 2670. The summed E-state index contributed by atoms with van der Waals surface area (Å²) in [7, 11) is -14.5. The minimum Gasteiger partial charge on any atom is -0.397 e. The first-order chi connectivity index (χ1) is 23.8. The first-order valence-electron chi connectivity index (χ1n) is 13.9. The molecular formula is C29H20ClN7Na2O11S3+2. The molecule has 24 heteroatoms. The number of hydrogen-bond acceptors (Lipinski definition) is 15. The second kappa shape index (κ2) is 15.7. The Kier molecular flexibility index (Phi) is 12.5. The van der Waals surface area contributed by atoms with E-state index < -0.39 is 63.0 Å². The summed E-state index contributed by atoms with van der Waals surface area (Å²) in [5, 5.41) is 7.62. The van der Waals surface area contributed by atoms with Crippen LogP contribution in [0.15, 0.2) is 87.5 Å². The maximum atomic E-state index is 13.6. The van der Waals surface area contributed by atoms with Crippen LogP contribution in [0.3, 0.4) is 0 Å². The van der Waals surface area contributed by atoms with E-state index in [0.717, 1.165) is 30.3 Å². The fraction of sp³-hybridized carbons (Fsp3) is 0. The van der Waals surface area contributed by atoms with Crippen molar-refractivity contribution in [1.82, 2.24) is 15.0 Å². The largest absolute Gasteiger partial charge is 1.00 e. The number of carbonyl (C=O) groups is 2. The third-order valence-electron chi connectivity index (χ3n) is 7.28. The number of nitrogens with zero attached hydrogens (tertiary/aromatic N) is 3. The van der Waals surface area contributed by atoms with E-state index in [2.05, 4.69) is 30.9 Å². The number of aromatic nitrogens is 3. The van der Waals surface area contributed by atoms with Gasteiger partial charge in [-0.15, -0.1) is 0 Å². The summed E-state index contributed by atoms with van der Waals surface area (Å²) in [6.07, 6.45) is 0. The average molecular weight is 820 g/mol. The predicted molar refractivity (Wildman–Crippen MR) is 181 cm³/mol. The van der Waals surface area contributed by atoms with Crippen molar-refractivity contribution in [2.24, 2.45) is 0 Å². The zero-order chi connectivity index (χ0) is 37.0. The molecule has 5 aromatic rings. The molecule has 0 saturated carbocycles. The fourth-order valence-corrected chi connectivity index (χ4v) is 7.06. The molecule has 0 saturated heterocycles. The number of nitrogens with two attached hydrogens (primary N) is 1. The first kappa shape index (κ1) is 42.2. The molecule has 53 heavy (non-hydrogen) atoms. The molecule has 8 N–H and O–H groups in total. The van der Waals surface area contributed by atoms with Gasteiger partial charge < -0.3 is 21.7 Å². The van der Waals surface area contributed by atoms with Crippen LogP contribution < -0.4 is 80.8 Å². The van der Waals surface area contributed by atoms with Gasteiger partial charge in [-0.1, -0.05) is 24.3 Å². The van der Waals surface area contributed by atoms with Crippen LogP contribution in [0.1, 0.15) is 31.8 Å². The number of ketones is 2. The number of fused-ring (bicyclic) bond motifs is 2. The van der Waals surface area contributed by atoms with Gasteiger partial charge in [0, 0.05) is 22.5 Å². The Labute approximate surface area is 349 Å². The second-order valence-corrected chi connectivity index (χ2v) is 15.1. The van der Waals surface area contributed by atoms with Gasteiger partial charge in [-0.2, -0.15) is 40.2 Å². The van der Waals surface area contributed by atoms with E-state index in [1.165, 1.54) is 42.5 Å². The van der Waals surface area contributed by atoms with Crippen molar-refractivity contribution >= 4 is 93.9 Å². The molecule has 4 aromatic carbocycles. The van der Waals surface area contributed by atoms with Gasteiger partial charge in [-0.3, -0.25) is 23.2 Å². The predicted octanol–water partition coefficient (Wildman–Crippen LogP) is -2.14. The van der Waals surface area contributed by atoms with Crippen molar-refractivity contribution < 1.29 is 108 Å². The molecule has 1 aliphatic carbocycles. The third kappa shape index (κ3) is 8.89. The number of carbonyl (C=O) groups excluding carboxylic acids is 2. The van der Waals surface area contributed by atoms with E-state index in [4.69, 9.17) is 17.3 Å². The summed E-state index contributed by atoms with van der Waals surface area (Å²) in [6, 6.07) is 14.6. The molecule has 6 rings (SSSR count). The number of nitrogens with one attached hydrogen (secondary N) is 3. The zero-order valence-corrected chi connectivity index (χ0v) is 34.3. The van der Waals surface area contributed by atoms with Crippen LogP contribution in [0, 0.1) is 0 Å². The molecule has 262 valence electrons. The van der Waals surface area contributed by atoms with Gasteiger partial charge >= 0.3 is 59.1 Å². The topological polar surface area (TPSA) is 298 Å². The molecule has 0 unspecified atom stereocenters. The number of anilines is 7. The standard InChI is InChI=1S/C29H20ClN7O11S3.2Na/c30-27-35-28(33-13-5-8-15(9-6-13)49(40,41)42)37-29(36-27)34-18-10-7-14(11-20(18)50(43,44)45)32-19-12-21(51(46,47)48)24(31)23-22(19)25(38)16-3-1-2-4-17(16)26(23)39;;/h1-12,32H,31H2,(H,40,41,42)(H,43,44,45)(H,46,47,48)(H2,33,34,35,36,37);;/q;2*+1. The number of nitrogen functional groups attached to an aromatic ring is 1. The van der Waals surface area contributed by atoms with Crippen molar-refractivity contribution in [3.8, 4) is 0 Å².